The number of halogens is 1. The highest BCUT2D eigenvalue weighted by atomic mass is 79.9. The predicted octanol–water partition coefficient (Wildman–Crippen LogP) is 2.33. The fourth-order valence-corrected chi connectivity index (χ4v) is 3.57. The lowest BCUT2D eigenvalue weighted by Gasteiger charge is -2.34. The maximum atomic E-state index is 11.8. The van der Waals surface area contributed by atoms with E-state index in [0.29, 0.717) is 13.0 Å². The normalized spacial score (nSPS) is 23.4. The second-order valence-electron chi connectivity index (χ2n) is 5.89. The zero-order valence-corrected chi connectivity index (χ0v) is 12.6. The molecule has 1 unspecified atom stereocenters. The van der Waals surface area contributed by atoms with Gasteiger partial charge in [-0.05, 0) is 27.6 Å². The lowest BCUT2D eigenvalue weighted by atomic mass is 9.76. The van der Waals surface area contributed by atoms with Crippen LogP contribution in [-0.4, -0.2) is 18.6 Å². The van der Waals surface area contributed by atoms with E-state index in [1.54, 1.807) is 0 Å². The molecular weight excluding hydrogens is 308 g/mol. The van der Waals surface area contributed by atoms with Crippen molar-refractivity contribution in [1.29, 1.82) is 0 Å². The van der Waals surface area contributed by atoms with Crippen molar-refractivity contribution in [1.82, 2.24) is 0 Å². The predicted molar refractivity (Wildman–Crippen MR) is 77.6 cm³/mol. The van der Waals surface area contributed by atoms with Gasteiger partial charge in [0.25, 0.3) is 0 Å². The number of nitrogens with two attached hydrogens (primary N) is 1. The SMILES string of the molecule is CC1(C)CC(=O)Nc2c(Br)cc3c(c21)OC(CN)C3. The van der Waals surface area contributed by atoms with Gasteiger partial charge >= 0.3 is 0 Å². The molecular formula is C14H17BrN2O2. The molecule has 3 rings (SSSR count). The first kappa shape index (κ1) is 12.9. The minimum Gasteiger partial charge on any atom is -0.488 e. The van der Waals surface area contributed by atoms with Crippen molar-refractivity contribution in [2.75, 3.05) is 11.9 Å². The Morgan fingerprint density at radius 3 is 3.00 bits per heavy atom. The summed E-state index contributed by atoms with van der Waals surface area (Å²) < 4.78 is 6.90. The van der Waals surface area contributed by atoms with Crippen LogP contribution in [0.1, 0.15) is 31.4 Å². The monoisotopic (exact) mass is 324 g/mol. The van der Waals surface area contributed by atoms with Crippen LogP contribution in [0.25, 0.3) is 0 Å². The Balaban J connectivity index is 2.21. The number of carbonyl (C=O) groups is 1. The first-order chi connectivity index (χ1) is 8.92. The van der Waals surface area contributed by atoms with Crippen LogP contribution in [0.2, 0.25) is 0 Å². The van der Waals surface area contributed by atoms with E-state index in [4.69, 9.17) is 10.5 Å². The van der Waals surface area contributed by atoms with Crippen LogP contribution in [-0.2, 0) is 16.6 Å². The van der Waals surface area contributed by atoms with E-state index in [9.17, 15) is 4.79 Å². The maximum Gasteiger partial charge on any atom is 0.225 e. The molecule has 19 heavy (non-hydrogen) atoms. The number of amides is 1. The van der Waals surface area contributed by atoms with Crippen molar-refractivity contribution in [2.24, 2.45) is 5.73 Å². The Morgan fingerprint density at radius 2 is 2.32 bits per heavy atom. The van der Waals surface area contributed by atoms with Gasteiger partial charge in [-0.2, -0.15) is 0 Å². The molecule has 0 aliphatic carbocycles. The molecule has 102 valence electrons. The summed E-state index contributed by atoms with van der Waals surface area (Å²) in [4.78, 5) is 11.8. The molecule has 0 spiro atoms. The fraction of sp³-hybridized carbons (Fsp3) is 0.500. The molecule has 3 N–H and O–H groups in total. The summed E-state index contributed by atoms with van der Waals surface area (Å²) in [5.74, 6) is 0.963. The average molecular weight is 325 g/mol. The molecule has 1 atom stereocenters. The highest BCUT2D eigenvalue weighted by molar-refractivity contribution is 9.10. The molecule has 0 aromatic heterocycles. The number of ether oxygens (including phenoxy) is 1. The Bertz CT molecular complexity index is 569. The molecule has 1 amide bonds. The van der Waals surface area contributed by atoms with Crippen LogP contribution in [0.4, 0.5) is 5.69 Å². The topological polar surface area (TPSA) is 64.3 Å². The van der Waals surface area contributed by atoms with Crippen molar-refractivity contribution in [3.05, 3.63) is 21.7 Å². The number of anilines is 1. The molecule has 1 aromatic rings. The highest BCUT2D eigenvalue weighted by Crippen LogP contribution is 2.50. The van der Waals surface area contributed by atoms with Gasteiger partial charge in [-0.1, -0.05) is 13.8 Å². The van der Waals surface area contributed by atoms with Crippen LogP contribution >= 0.6 is 15.9 Å². The van der Waals surface area contributed by atoms with E-state index in [0.717, 1.165) is 27.9 Å². The number of hydrogen-bond acceptors (Lipinski definition) is 3. The van der Waals surface area contributed by atoms with Crippen LogP contribution in [0.3, 0.4) is 0 Å². The minimum absolute atomic E-state index is 0.0434. The third-order valence-corrected chi connectivity index (χ3v) is 4.47. The zero-order valence-electron chi connectivity index (χ0n) is 11.0. The number of carbonyl (C=O) groups excluding carboxylic acids is 1. The summed E-state index contributed by atoms with van der Waals surface area (Å²) in [6.07, 6.45) is 1.35. The molecule has 2 aliphatic rings. The molecule has 0 saturated heterocycles. The van der Waals surface area contributed by atoms with Gasteiger partial charge in [0.2, 0.25) is 5.91 Å². The zero-order chi connectivity index (χ0) is 13.8. The number of hydrogen-bond donors (Lipinski definition) is 2. The van der Waals surface area contributed by atoms with E-state index in [-0.39, 0.29) is 17.4 Å². The second-order valence-corrected chi connectivity index (χ2v) is 6.74. The lowest BCUT2D eigenvalue weighted by molar-refractivity contribution is -0.117. The second kappa shape index (κ2) is 4.21. The van der Waals surface area contributed by atoms with Crippen molar-refractivity contribution in [3.8, 4) is 5.75 Å². The summed E-state index contributed by atoms with van der Waals surface area (Å²) in [5.41, 5.74) is 8.59. The largest absolute Gasteiger partial charge is 0.488 e. The van der Waals surface area contributed by atoms with E-state index >= 15 is 0 Å². The van der Waals surface area contributed by atoms with Gasteiger partial charge in [-0.3, -0.25) is 4.79 Å². The van der Waals surface area contributed by atoms with Crippen molar-refractivity contribution in [2.45, 2.75) is 38.2 Å². The first-order valence-corrected chi connectivity index (χ1v) is 7.24. The van der Waals surface area contributed by atoms with E-state index < -0.39 is 0 Å². The Hall–Kier alpha value is -1.07. The van der Waals surface area contributed by atoms with Gasteiger partial charge < -0.3 is 15.8 Å². The smallest absolute Gasteiger partial charge is 0.225 e. The summed E-state index contributed by atoms with van der Waals surface area (Å²) in [6.45, 7) is 4.67. The van der Waals surface area contributed by atoms with E-state index in [2.05, 4.69) is 35.1 Å². The van der Waals surface area contributed by atoms with Gasteiger partial charge in [0.1, 0.15) is 11.9 Å². The summed E-state index contributed by atoms with van der Waals surface area (Å²) >= 11 is 3.56. The quantitative estimate of drug-likeness (QED) is 0.833. The molecule has 0 saturated carbocycles. The lowest BCUT2D eigenvalue weighted by Crippen LogP contribution is -2.33. The van der Waals surface area contributed by atoms with Crippen LogP contribution in [0.15, 0.2) is 10.5 Å². The summed E-state index contributed by atoms with van der Waals surface area (Å²) in [7, 11) is 0. The van der Waals surface area contributed by atoms with E-state index in [1.807, 2.05) is 6.07 Å². The maximum absolute atomic E-state index is 11.8. The molecule has 1 aromatic carbocycles. The van der Waals surface area contributed by atoms with Gasteiger partial charge in [-0.25, -0.2) is 0 Å². The standard InChI is InChI=1S/C14H17BrN2O2/c1-14(2)5-10(18)17-12-9(15)4-7-3-8(6-16)19-13(7)11(12)14/h4,8H,3,5-6,16H2,1-2H3,(H,17,18). The molecule has 0 bridgehead atoms. The molecule has 5 heteroatoms. The van der Waals surface area contributed by atoms with Gasteiger partial charge in [0.15, 0.2) is 0 Å². The number of nitrogens with one attached hydrogen (secondary N) is 1. The minimum atomic E-state index is -0.227. The van der Waals surface area contributed by atoms with E-state index in [1.165, 1.54) is 5.56 Å². The van der Waals surface area contributed by atoms with Crippen molar-refractivity contribution in [3.63, 3.8) is 0 Å². The van der Waals surface area contributed by atoms with Crippen LogP contribution < -0.4 is 15.8 Å². The number of rotatable bonds is 1. The Labute approximate surface area is 120 Å². The van der Waals surface area contributed by atoms with Crippen molar-refractivity contribution < 1.29 is 9.53 Å². The Morgan fingerprint density at radius 1 is 1.58 bits per heavy atom. The summed E-state index contributed by atoms with van der Waals surface area (Å²) in [5, 5.41) is 2.95. The third-order valence-electron chi connectivity index (χ3n) is 3.85. The average Bonchev–Trinajstić information content (AvgIpc) is 2.70. The van der Waals surface area contributed by atoms with Crippen LogP contribution in [0, 0.1) is 0 Å². The van der Waals surface area contributed by atoms with Crippen LogP contribution in [0.5, 0.6) is 5.75 Å². The molecule has 4 nitrogen and oxygen atoms in total. The molecule has 2 heterocycles. The molecule has 2 aliphatic heterocycles. The fourth-order valence-electron chi connectivity index (χ4n) is 3.00. The Kier molecular flexibility index (Phi) is 2.87. The molecule has 0 radical (unpaired) electrons. The first-order valence-electron chi connectivity index (χ1n) is 6.45. The number of fused-ring (bicyclic) bond motifs is 3. The van der Waals surface area contributed by atoms with Gasteiger partial charge in [-0.15, -0.1) is 0 Å². The summed E-state index contributed by atoms with van der Waals surface area (Å²) in [6, 6.07) is 2.03. The van der Waals surface area contributed by atoms with Crippen molar-refractivity contribution >= 4 is 27.5 Å². The van der Waals surface area contributed by atoms with Gasteiger partial charge in [0.05, 0.1) is 5.69 Å². The van der Waals surface area contributed by atoms with Gasteiger partial charge in [0, 0.05) is 34.8 Å². The third kappa shape index (κ3) is 1.96. The number of benzene rings is 1. The molecule has 0 fully saturated rings. The highest BCUT2D eigenvalue weighted by Gasteiger charge is 2.39.